The molecule has 0 aliphatic heterocycles. The highest BCUT2D eigenvalue weighted by Gasteiger charge is 2.21. The van der Waals surface area contributed by atoms with Crippen molar-refractivity contribution in [2.75, 3.05) is 0 Å². The monoisotopic (exact) mass is 378 g/mol. The molecule has 136 valence electrons. The van der Waals surface area contributed by atoms with Crippen molar-refractivity contribution in [1.29, 1.82) is 0 Å². The van der Waals surface area contributed by atoms with E-state index in [9.17, 15) is 9.18 Å². The molecule has 0 unspecified atom stereocenters. The number of imidazole rings is 1. The summed E-state index contributed by atoms with van der Waals surface area (Å²) in [6.07, 6.45) is 0.830. The maximum absolute atomic E-state index is 13.3. The number of thiazole rings is 1. The number of nitrogens with zero attached hydrogens (tertiary/aromatic N) is 2. The summed E-state index contributed by atoms with van der Waals surface area (Å²) in [7, 11) is 0. The number of aldehydes is 1. The largest absolute Gasteiger partial charge is 0.296 e. The van der Waals surface area contributed by atoms with Gasteiger partial charge in [-0.25, -0.2) is 9.37 Å². The zero-order valence-electron chi connectivity index (χ0n) is 15.4. The van der Waals surface area contributed by atoms with Crippen LogP contribution in [-0.2, 0) is 0 Å². The molecule has 3 nitrogen and oxygen atoms in total. The van der Waals surface area contributed by atoms with E-state index in [0.717, 1.165) is 32.9 Å². The number of halogens is 1. The molecule has 2 aromatic carbocycles. The van der Waals surface area contributed by atoms with Crippen LogP contribution < -0.4 is 0 Å². The van der Waals surface area contributed by atoms with Gasteiger partial charge in [-0.1, -0.05) is 38.1 Å². The van der Waals surface area contributed by atoms with Crippen molar-refractivity contribution in [2.24, 2.45) is 0 Å². The maximum atomic E-state index is 13.3. The molecule has 0 spiro atoms. The van der Waals surface area contributed by atoms with E-state index >= 15 is 0 Å². The maximum Gasteiger partial charge on any atom is 0.195 e. The molecule has 0 N–H and O–H groups in total. The Kier molecular flexibility index (Phi) is 4.40. The molecule has 5 heteroatoms. The van der Waals surface area contributed by atoms with Crippen molar-refractivity contribution in [3.05, 3.63) is 70.5 Å². The van der Waals surface area contributed by atoms with Crippen molar-refractivity contribution >= 4 is 22.6 Å². The zero-order chi connectivity index (χ0) is 19.1. The number of aryl methyl sites for hydroxylation is 1. The Morgan fingerprint density at radius 3 is 2.26 bits per heavy atom. The topological polar surface area (TPSA) is 34.4 Å². The number of fused-ring (bicyclic) bond motifs is 1. The van der Waals surface area contributed by atoms with Crippen LogP contribution in [0.25, 0.3) is 27.5 Å². The first kappa shape index (κ1) is 17.6. The first-order chi connectivity index (χ1) is 13.0. The SMILES string of the molecule is Cc1sc2nc(-c3ccc(F)cc3)c(C=O)n2c1-c1ccc(C(C)C)cc1. The standard InChI is InChI=1S/C22H19FN2OS/c1-13(2)15-4-6-17(7-5-15)21-14(3)27-22-24-20(19(12-26)25(21)22)16-8-10-18(23)11-9-16/h4-13H,1-3H3. The van der Waals surface area contributed by atoms with E-state index in [1.807, 2.05) is 11.3 Å². The van der Waals surface area contributed by atoms with Gasteiger partial charge in [0.25, 0.3) is 0 Å². The first-order valence-corrected chi connectivity index (χ1v) is 9.64. The van der Waals surface area contributed by atoms with E-state index in [2.05, 4.69) is 43.1 Å². The quantitative estimate of drug-likeness (QED) is 0.401. The molecule has 0 bridgehead atoms. The molecule has 0 radical (unpaired) electrons. The van der Waals surface area contributed by atoms with Gasteiger partial charge in [0.1, 0.15) is 17.2 Å². The van der Waals surface area contributed by atoms with Crippen LogP contribution in [0.5, 0.6) is 0 Å². The molecule has 0 atom stereocenters. The number of aromatic nitrogens is 2. The second-order valence-corrected chi connectivity index (χ2v) is 8.05. The molecule has 4 aromatic rings. The summed E-state index contributed by atoms with van der Waals surface area (Å²) < 4.78 is 15.2. The average Bonchev–Trinajstić information content (AvgIpc) is 3.16. The number of hydrogen-bond acceptors (Lipinski definition) is 3. The van der Waals surface area contributed by atoms with Gasteiger partial charge >= 0.3 is 0 Å². The predicted octanol–water partition coefficient (Wildman–Crippen LogP) is 6.11. The lowest BCUT2D eigenvalue weighted by Gasteiger charge is -2.08. The normalized spacial score (nSPS) is 11.4. The van der Waals surface area contributed by atoms with Crippen LogP contribution in [-0.4, -0.2) is 15.7 Å². The van der Waals surface area contributed by atoms with Crippen molar-refractivity contribution in [1.82, 2.24) is 9.38 Å². The fourth-order valence-corrected chi connectivity index (χ4v) is 4.32. The van der Waals surface area contributed by atoms with Gasteiger partial charge in [-0.15, -0.1) is 11.3 Å². The van der Waals surface area contributed by atoms with Gasteiger partial charge in [0, 0.05) is 10.4 Å². The van der Waals surface area contributed by atoms with Gasteiger partial charge in [-0.05, 0) is 48.2 Å². The highest BCUT2D eigenvalue weighted by Crippen LogP contribution is 2.36. The number of carbonyl (C=O) groups is 1. The Morgan fingerprint density at radius 1 is 1.04 bits per heavy atom. The molecule has 4 rings (SSSR count). The van der Waals surface area contributed by atoms with Gasteiger partial charge in [-0.3, -0.25) is 9.20 Å². The van der Waals surface area contributed by atoms with Gasteiger partial charge in [0.15, 0.2) is 11.2 Å². The number of hydrogen-bond donors (Lipinski definition) is 0. The molecule has 27 heavy (non-hydrogen) atoms. The minimum absolute atomic E-state index is 0.311. The highest BCUT2D eigenvalue weighted by atomic mass is 32.1. The lowest BCUT2D eigenvalue weighted by molar-refractivity contribution is 0.111. The Bertz CT molecular complexity index is 1120. The zero-order valence-corrected chi connectivity index (χ0v) is 16.2. The Hall–Kier alpha value is -2.79. The molecule has 0 saturated heterocycles. The van der Waals surface area contributed by atoms with E-state index in [4.69, 9.17) is 0 Å². The molecular weight excluding hydrogens is 359 g/mol. The van der Waals surface area contributed by atoms with E-state index in [0.29, 0.717) is 17.3 Å². The molecule has 0 fully saturated rings. The Morgan fingerprint density at radius 2 is 1.67 bits per heavy atom. The number of carbonyl (C=O) groups excluding carboxylic acids is 1. The van der Waals surface area contributed by atoms with Crippen LogP contribution in [0.3, 0.4) is 0 Å². The summed E-state index contributed by atoms with van der Waals surface area (Å²) in [5, 5.41) is 0. The van der Waals surface area contributed by atoms with Crippen LogP contribution in [0.15, 0.2) is 48.5 Å². The summed E-state index contributed by atoms with van der Waals surface area (Å²) in [6.45, 7) is 6.37. The summed E-state index contributed by atoms with van der Waals surface area (Å²) in [5.41, 5.74) is 5.10. The molecule has 0 aliphatic rings. The molecule has 0 amide bonds. The lowest BCUT2D eigenvalue weighted by atomic mass is 10.0. The lowest BCUT2D eigenvalue weighted by Crippen LogP contribution is -1.96. The van der Waals surface area contributed by atoms with Gasteiger partial charge in [0.2, 0.25) is 0 Å². The average molecular weight is 378 g/mol. The Labute approximate surface area is 161 Å². The van der Waals surface area contributed by atoms with E-state index in [-0.39, 0.29) is 5.82 Å². The third kappa shape index (κ3) is 2.98. The second-order valence-electron chi connectivity index (χ2n) is 6.87. The van der Waals surface area contributed by atoms with E-state index in [1.165, 1.54) is 17.7 Å². The molecule has 0 aliphatic carbocycles. The molecule has 0 saturated carbocycles. The molecule has 2 heterocycles. The first-order valence-electron chi connectivity index (χ1n) is 8.83. The molecule has 2 aromatic heterocycles. The summed E-state index contributed by atoms with van der Waals surface area (Å²) >= 11 is 1.55. The van der Waals surface area contributed by atoms with Crippen molar-refractivity contribution in [3.63, 3.8) is 0 Å². The van der Waals surface area contributed by atoms with Crippen molar-refractivity contribution < 1.29 is 9.18 Å². The predicted molar refractivity (Wildman–Crippen MR) is 108 cm³/mol. The van der Waals surface area contributed by atoms with Gasteiger partial charge < -0.3 is 0 Å². The van der Waals surface area contributed by atoms with Crippen molar-refractivity contribution in [3.8, 4) is 22.5 Å². The van der Waals surface area contributed by atoms with Crippen molar-refractivity contribution in [2.45, 2.75) is 26.7 Å². The van der Waals surface area contributed by atoms with E-state index < -0.39 is 0 Å². The Balaban J connectivity index is 1.92. The third-order valence-corrected chi connectivity index (χ3v) is 5.72. The minimum Gasteiger partial charge on any atom is -0.296 e. The fraction of sp³-hybridized carbons (Fsp3) is 0.182. The summed E-state index contributed by atoms with van der Waals surface area (Å²) in [5.74, 6) is 0.153. The van der Waals surface area contributed by atoms with Gasteiger partial charge in [0.05, 0.1) is 5.69 Å². The second kappa shape index (κ2) is 6.74. The molecular formula is C22H19FN2OS. The number of rotatable bonds is 4. The van der Waals surface area contributed by atoms with E-state index in [1.54, 1.807) is 23.5 Å². The van der Waals surface area contributed by atoms with Crippen LogP contribution >= 0.6 is 11.3 Å². The van der Waals surface area contributed by atoms with Crippen LogP contribution in [0.1, 0.15) is 40.7 Å². The smallest absolute Gasteiger partial charge is 0.195 e. The van der Waals surface area contributed by atoms with Crippen LogP contribution in [0, 0.1) is 12.7 Å². The highest BCUT2D eigenvalue weighted by molar-refractivity contribution is 7.17. The minimum atomic E-state index is -0.311. The van der Waals surface area contributed by atoms with Crippen LogP contribution in [0.2, 0.25) is 0 Å². The summed E-state index contributed by atoms with van der Waals surface area (Å²) in [4.78, 5) is 18.5. The number of benzene rings is 2. The summed E-state index contributed by atoms with van der Waals surface area (Å²) in [6, 6.07) is 14.5. The third-order valence-electron chi connectivity index (χ3n) is 4.76. The van der Waals surface area contributed by atoms with Crippen LogP contribution in [0.4, 0.5) is 4.39 Å². The fourth-order valence-electron chi connectivity index (χ4n) is 3.33. The van der Waals surface area contributed by atoms with Gasteiger partial charge in [-0.2, -0.15) is 0 Å².